The second-order valence-electron chi connectivity index (χ2n) is 4.95. The Morgan fingerprint density at radius 1 is 1.47 bits per heavy atom. The molecule has 1 N–H and O–H groups in total. The second kappa shape index (κ2) is 5.28. The van der Waals surface area contributed by atoms with Crippen molar-refractivity contribution in [2.75, 3.05) is 33.4 Å². The summed E-state index contributed by atoms with van der Waals surface area (Å²) < 4.78 is 5.34. The molecule has 2 aliphatic rings. The van der Waals surface area contributed by atoms with E-state index in [9.17, 15) is 0 Å². The van der Waals surface area contributed by atoms with Crippen LogP contribution in [0.2, 0.25) is 0 Å². The lowest BCUT2D eigenvalue weighted by Gasteiger charge is -2.34. The van der Waals surface area contributed by atoms with Crippen molar-refractivity contribution in [1.29, 1.82) is 0 Å². The van der Waals surface area contributed by atoms with Gasteiger partial charge in [0, 0.05) is 32.3 Å². The van der Waals surface area contributed by atoms with E-state index in [1.807, 2.05) is 7.11 Å². The summed E-state index contributed by atoms with van der Waals surface area (Å²) >= 11 is 0. The van der Waals surface area contributed by atoms with E-state index in [1.165, 1.54) is 25.8 Å². The molecule has 88 valence electrons. The lowest BCUT2D eigenvalue weighted by Crippen LogP contribution is -2.48. The number of likely N-dealkylation sites (N-methyl/N-ethyl adjacent to an activating group) is 1. The smallest absolute Gasteiger partial charge is 0.0630 e. The summed E-state index contributed by atoms with van der Waals surface area (Å²) in [6.07, 6.45) is 4.31. The maximum absolute atomic E-state index is 5.34. The van der Waals surface area contributed by atoms with Gasteiger partial charge in [-0.05, 0) is 31.7 Å². The fourth-order valence-corrected chi connectivity index (χ4v) is 3.19. The molecule has 1 saturated carbocycles. The average Bonchev–Trinajstić information content (AvgIpc) is 2.85. The zero-order valence-electron chi connectivity index (χ0n) is 10.0. The molecule has 3 nitrogen and oxygen atoms in total. The summed E-state index contributed by atoms with van der Waals surface area (Å²) in [5.74, 6) is 0.982. The summed E-state index contributed by atoms with van der Waals surface area (Å²) in [7, 11) is 1.81. The van der Waals surface area contributed by atoms with Crippen LogP contribution in [-0.4, -0.2) is 50.3 Å². The molecular weight excluding hydrogens is 188 g/mol. The predicted octanol–water partition coefficient (Wildman–Crippen LogP) is 1.10. The number of nitrogens with zero attached hydrogens (tertiary/aromatic N) is 1. The number of piperidine rings is 1. The van der Waals surface area contributed by atoms with Gasteiger partial charge >= 0.3 is 0 Å². The minimum atomic E-state index is 0.588. The van der Waals surface area contributed by atoms with Gasteiger partial charge in [-0.1, -0.05) is 6.92 Å². The topological polar surface area (TPSA) is 24.5 Å². The Bertz CT molecular complexity index is 198. The first kappa shape index (κ1) is 11.4. The van der Waals surface area contributed by atoms with Gasteiger partial charge < -0.3 is 10.1 Å². The zero-order chi connectivity index (χ0) is 10.7. The Morgan fingerprint density at radius 2 is 2.33 bits per heavy atom. The number of hydrogen-bond acceptors (Lipinski definition) is 3. The van der Waals surface area contributed by atoms with Crippen molar-refractivity contribution in [2.45, 2.75) is 38.3 Å². The van der Waals surface area contributed by atoms with Gasteiger partial charge in [-0.3, -0.25) is 4.90 Å². The largest absolute Gasteiger partial charge is 0.383 e. The molecular formula is C12H24N2O. The Labute approximate surface area is 93.2 Å². The summed E-state index contributed by atoms with van der Waals surface area (Å²) in [5, 5.41) is 3.45. The summed E-state index contributed by atoms with van der Waals surface area (Å²) in [5.41, 5.74) is 0. The fourth-order valence-electron chi connectivity index (χ4n) is 3.19. The van der Waals surface area contributed by atoms with Crippen molar-refractivity contribution in [3.05, 3.63) is 0 Å². The van der Waals surface area contributed by atoms with Crippen LogP contribution in [0.5, 0.6) is 0 Å². The molecule has 2 rings (SSSR count). The van der Waals surface area contributed by atoms with Crippen LogP contribution in [0, 0.1) is 5.92 Å². The highest BCUT2D eigenvalue weighted by atomic mass is 16.5. The van der Waals surface area contributed by atoms with E-state index in [-0.39, 0.29) is 0 Å². The number of nitrogens with one attached hydrogen (secondary N) is 1. The third-order valence-electron chi connectivity index (χ3n) is 3.91. The van der Waals surface area contributed by atoms with Crippen LogP contribution in [0.15, 0.2) is 0 Å². The molecule has 0 spiro atoms. The molecule has 1 aliphatic heterocycles. The van der Waals surface area contributed by atoms with Crippen molar-refractivity contribution >= 4 is 0 Å². The number of methoxy groups -OCH3 is 1. The Balaban J connectivity index is 1.86. The van der Waals surface area contributed by atoms with Gasteiger partial charge in [0.25, 0.3) is 0 Å². The molecule has 2 fully saturated rings. The van der Waals surface area contributed by atoms with Crippen LogP contribution in [0.3, 0.4) is 0 Å². The first-order valence-corrected chi connectivity index (χ1v) is 6.30. The molecule has 1 heterocycles. The molecule has 15 heavy (non-hydrogen) atoms. The SMILES string of the molecule is CCNCC(COC)N1CC2CCC1C2. The number of ether oxygens (including phenoxy) is 1. The Kier molecular flexibility index (Phi) is 4.00. The summed E-state index contributed by atoms with van der Waals surface area (Å²) in [4.78, 5) is 2.68. The van der Waals surface area contributed by atoms with Gasteiger partial charge in [0.05, 0.1) is 6.61 Å². The second-order valence-corrected chi connectivity index (χ2v) is 4.95. The van der Waals surface area contributed by atoms with Crippen LogP contribution in [0.4, 0.5) is 0 Å². The van der Waals surface area contributed by atoms with Crippen LogP contribution in [-0.2, 0) is 4.74 Å². The average molecular weight is 212 g/mol. The minimum absolute atomic E-state index is 0.588. The van der Waals surface area contributed by atoms with Crippen molar-refractivity contribution in [3.8, 4) is 0 Å². The van der Waals surface area contributed by atoms with E-state index in [1.54, 1.807) is 0 Å². The van der Waals surface area contributed by atoms with Crippen LogP contribution in [0.1, 0.15) is 26.2 Å². The van der Waals surface area contributed by atoms with Crippen LogP contribution >= 0.6 is 0 Å². The normalized spacial score (nSPS) is 32.4. The lowest BCUT2D eigenvalue weighted by molar-refractivity contribution is 0.0691. The molecule has 3 unspecified atom stereocenters. The first-order valence-electron chi connectivity index (χ1n) is 6.30. The lowest BCUT2D eigenvalue weighted by atomic mass is 10.1. The summed E-state index contributed by atoms with van der Waals surface area (Å²) in [6, 6.07) is 1.44. The van der Waals surface area contributed by atoms with Crippen molar-refractivity contribution in [3.63, 3.8) is 0 Å². The van der Waals surface area contributed by atoms with Crippen molar-refractivity contribution in [2.24, 2.45) is 5.92 Å². The standard InChI is InChI=1S/C12H24N2O/c1-3-13-7-12(9-15-2)14-8-10-4-5-11(14)6-10/h10-13H,3-9H2,1-2H3. The highest BCUT2D eigenvalue weighted by Gasteiger charge is 2.40. The number of fused-ring (bicyclic) bond motifs is 2. The third-order valence-corrected chi connectivity index (χ3v) is 3.91. The molecule has 1 saturated heterocycles. The molecule has 3 heteroatoms. The molecule has 0 aromatic heterocycles. The molecule has 2 bridgehead atoms. The maximum Gasteiger partial charge on any atom is 0.0630 e. The number of rotatable bonds is 6. The number of hydrogen-bond donors (Lipinski definition) is 1. The zero-order valence-corrected chi connectivity index (χ0v) is 10.0. The van der Waals surface area contributed by atoms with Gasteiger partial charge in [0.2, 0.25) is 0 Å². The molecule has 3 atom stereocenters. The molecule has 1 aliphatic carbocycles. The third kappa shape index (κ3) is 2.52. The van der Waals surface area contributed by atoms with E-state index in [0.29, 0.717) is 6.04 Å². The Hall–Kier alpha value is -0.120. The van der Waals surface area contributed by atoms with Gasteiger partial charge in [0.15, 0.2) is 0 Å². The van der Waals surface area contributed by atoms with Crippen LogP contribution in [0.25, 0.3) is 0 Å². The van der Waals surface area contributed by atoms with E-state index in [2.05, 4.69) is 17.1 Å². The molecule has 0 amide bonds. The van der Waals surface area contributed by atoms with Gasteiger partial charge in [-0.2, -0.15) is 0 Å². The van der Waals surface area contributed by atoms with Crippen molar-refractivity contribution in [1.82, 2.24) is 10.2 Å². The highest BCUT2D eigenvalue weighted by Crippen LogP contribution is 2.38. The van der Waals surface area contributed by atoms with Crippen LogP contribution < -0.4 is 5.32 Å². The van der Waals surface area contributed by atoms with Gasteiger partial charge in [-0.25, -0.2) is 0 Å². The highest BCUT2D eigenvalue weighted by molar-refractivity contribution is 4.95. The van der Waals surface area contributed by atoms with E-state index >= 15 is 0 Å². The van der Waals surface area contributed by atoms with Gasteiger partial charge in [-0.15, -0.1) is 0 Å². The monoisotopic (exact) mass is 212 g/mol. The maximum atomic E-state index is 5.34. The summed E-state index contributed by atoms with van der Waals surface area (Å²) in [6.45, 7) is 6.48. The molecule has 0 aromatic carbocycles. The minimum Gasteiger partial charge on any atom is -0.383 e. The van der Waals surface area contributed by atoms with Crippen molar-refractivity contribution < 1.29 is 4.74 Å². The molecule has 0 radical (unpaired) electrons. The van der Waals surface area contributed by atoms with E-state index in [0.717, 1.165) is 31.7 Å². The van der Waals surface area contributed by atoms with E-state index < -0.39 is 0 Å². The van der Waals surface area contributed by atoms with E-state index in [4.69, 9.17) is 4.74 Å². The molecule has 0 aromatic rings. The number of likely N-dealkylation sites (tertiary alicyclic amines) is 1. The fraction of sp³-hybridized carbons (Fsp3) is 1.00. The predicted molar refractivity (Wildman–Crippen MR) is 62.0 cm³/mol. The Morgan fingerprint density at radius 3 is 2.87 bits per heavy atom. The van der Waals surface area contributed by atoms with Gasteiger partial charge in [0.1, 0.15) is 0 Å². The first-order chi connectivity index (χ1) is 7.35. The quantitative estimate of drug-likeness (QED) is 0.713.